The van der Waals surface area contributed by atoms with E-state index in [0.29, 0.717) is 18.6 Å². The SMILES string of the molecule is CCCCCC/C(=C1\CCOC1=O)C(O)c1ccccc1. The Kier molecular flexibility index (Phi) is 6.00. The summed E-state index contributed by atoms with van der Waals surface area (Å²) in [6.07, 6.45) is 5.18. The third kappa shape index (κ3) is 4.18. The van der Waals surface area contributed by atoms with Crippen molar-refractivity contribution in [1.29, 1.82) is 0 Å². The van der Waals surface area contributed by atoms with Crippen LogP contribution in [0.4, 0.5) is 0 Å². The lowest BCUT2D eigenvalue weighted by molar-refractivity contribution is -0.135. The zero-order valence-electron chi connectivity index (χ0n) is 12.7. The molecule has 1 saturated heterocycles. The summed E-state index contributed by atoms with van der Waals surface area (Å²) in [6.45, 7) is 2.61. The zero-order valence-corrected chi connectivity index (χ0v) is 12.7. The fraction of sp³-hybridized carbons (Fsp3) is 0.500. The second-order valence-corrected chi connectivity index (χ2v) is 5.51. The number of cyclic esters (lactones) is 1. The maximum absolute atomic E-state index is 11.8. The Morgan fingerprint density at radius 2 is 2.00 bits per heavy atom. The highest BCUT2D eigenvalue weighted by molar-refractivity contribution is 5.91. The first-order chi connectivity index (χ1) is 10.2. The highest BCUT2D eigenvalue weighted by Crippen LogP contribution is 2.32. The van der Waals surface area contributed by atoms with Crippen molar-refractivity contribution in [2.75, 3.05) is 6.61 Å². The molecule has 0 bridgehead atoms. The maximum Gasteiger partial charge on any atom is 0.334 e. The lowest BCUT2D eigenvalue weighted by Crippen LogP contribution is -2.08. The molecule has 1 N–H and O–H groups in total. The van der Waals surface area contributed by atoms with Gasteiger partial charge in [0.1, 0.15) is 6.10 Å². The van der Waals surface area contributed by atoms with Gasteiger partial charge < -0.3 is 9.84 Å². The first-order valence-corrected chi connectivity index (χ1v) is 7.86. The predicted molar refractivity (Wildman–Crippen MR) is 82.8 cm³/mol. The second-order valence-electron chi connectivity index (χ2n) is 5.51. The van der Waals surface area contributed by atoms with E-state index in [0.717, 1.165) is 30.4 Å². The van der Waals surface area contributed by atoms with E-state index in [2.05, 4.69) is 6.92 Å². The molecule has 0 amide bonds. The molecule has 21 heavy (non-hydrogen) atoms. The van der Waals surface area contributed by atoms with Crippen LogP contribution in [0, 0.1) is 0 Å². The van der Waals surface area contributed by atoms with Gasteiger partial charge in [-0.15, -0.1) is 0 Å². The molecule has 1 fully saturated rings. The van der Waals surface area contributed by atoms with E-state index >= 15 is 0 Å². The Labute approximate surface area is 126 Å². The van der Waals surface area contributed by atoms with Crippen LogP contribution in [0.1, 0.15) is 57.1 Å². The van der Waals surface area contributed by atoms with Crippen LogP contribution < -0.4 is 0 Å². The van der Waals surface area contributed by atoms with E-state index < -0.39 is 6.10 Å². The number of rotatable bonds is 7. The van der Waals surface area contributed by atoms with Crippen LogP contribution in [-0.4, -0.2) is 17.7 Å². The minimum Gasteiger partial charge on any atom is -0.462 e. The number of carbonyl (C=O) groups excluding carboxylic acids is 1. The van der Waals surface area contributed by atoms with Crippen LogP contribution in [0.5, 0.6) is 0 Å². The van der Waals surface area contributed by atoms with Gasteiger partial charge in [0.05, 0.1) is 6.61 Å². The molecule has 0 radical (unpaired) electrons. The monoisotopic (exact) mass is 288 g/mol. The van der Waals surface area contributed by atoms with Crippen molar-refractivity contribution in [3.8, 4) is 0 Å². The highest BCUT2D eigenvalue weighted by atomic mass is 16.5. The van der Waals surface area contributed by atoms with Gasteiger partial charge in [-0.05, 0) is 24.0 Å². The smallest absolute Gasteiger partial charge is 0.334 e. The van der Waals surface area contributed by atoms with Gasteiger partial charge in [0.15, 0.2) is 0 Å². The average Bonchev–Trinajstić information content (AvgIpc) is 2.94. The normalized spacial score (nSPS) is 18.5. The van der Waals surface area contributed by atoms with Gasteiger partial charge in [-0.3, -0.25) is 0 Å². The van der Waals surface area contributed by atoms with Crippen molar-refractivity contribution in [3.05, 3.63) is 47.0 Å². The lowest BCUT2D eigenvalue weighted by atomic mass is 9.91. The number of ether oxygens (including phenoxy) is 1. The van der Waals surface area contributed by atoms with Crippen LogP contribution >= 0.6 is 0 Å². The van der Waals surface area contributed by atoms with Crippen molar-refractivity contribution in [3.63, 3.8) is 0 Å². The molecule has 1 aliphatic rings. The molecule has 0 saturated carbocycles. The number of aliphatic hydroxyl groups excluding tert-OH is 1. The Morgan fingerprint density at radius 1 is 1.24 bits per heavy atom. The molecule has 1 heterocycles. The molecular weight excluding hydrogens is 264 g/mol. The quantitative estimate of drug-likeness (QED) is 0.470. The second kappa shape index (κ2) is 7.99. The first-order valence-electron chi connectivity index (χ1n) is 7.86. The summed E-state index contributed by atoms with van der Waals surface area (Å²) in [5.74, 6) is -0.254. The van der Waals surface area contributed by atoms with Gasteiger partial charge in [0.2, 0.25) is 0 Å². The summed E-state index contributed by atoms with van der Waals surface area (Å²) < 4.78 is 5.05. The van der Waals surface area contributed by atoms with Gasteiger partial charge in [-0.25, -0.2) is 4.79 Å². The van der Waals surface area contributed by atoms with Crippen LogP contribution in [0.25, 0.3) is 0 Å². The Morgan fingerprint density at radius 3 is 2.62 bits per heavy atom. The lowest BCUT2D eigenvalue weighted by Gasteiger charge is -2.17. The molecule has 1 unspecified atom stereocenters. The van der Waals surface area contributed by atoms with Gasteiger partial charge in [0.25, 0.3) is 0 Å². The molecule has 0 aromatic heterocycles. The molecule has 2 rings (SSSR count). The van der Waals surface area contributed by atoms with E-state index in [1.165, 1.54) is 12.8 Å². The largest absolute Gasteiger partial charge is 0.462 e. The Bertz CT molecular complexity index is 490. The summed E-state index contributed by atoms with van der Waals surface area (Å²) in [5.41, 5.74) is 2.37. The minimum absolute atomic E-state index is 0.254. The number of unbranched alkanes of at least 4 members (excludes halogenated alkanes) is 3. The van der Waals surface area contributed by atoms with Crippen molar-refractivity contribution in [2.24, 2.45) is 0 Å². The molecular formula is C18H24O3. The zero-order chi connectivity index (χ0) is 15.1. The molecule has 3 heteroatoms. The third-order valence-electron chi connectivity index (χ3n) is 3.96. The topological polar surface area (TPSA) is 46.5 Å². The van der Waals surface area contributed by atoms with Crippen molar-refractivity contribution < 1.29 is 14.6 Å². The summed E-state index contributed by atoms with van der Waals surface area (Å²) in [7, 11) is 0. The highest BCUT2D eigenvalue weighted by Gasteiger charge is 2.26. The molecule has 1 aliphatic heterocycles. The summed E-state index contributed by atoms with van der Waals surface area (Å²) in [5, 5.41) is 10.6. The maximum atomic E-state index is 11.8. The van der Waals surface area contributed by atoms with Crippen LogP contribution in [0.2, 0.25) is 0 Å². The Hall–Kier alpha value is -1.61. The van der Waals surface area contributed by atoms with E-state index in [1.54, 1.807) is 0 Å². The predicted octanol–water partition coefficient (Wildman–Crippen LogP) is 3.93. The number of hydrogen-bond donors (Lipinski definition) is 1. The van der Waals surface area contributed by atoms with Gasteiger partial charge in [-0.2, -0.15) is 0 Å². The molecule has 0 aliphatic carbocycles. The summed E-state index contributed by atoms with van der Waals surface area (Å²) in [4.78, 5) is 11.8. The van der Waals surface area contributed by atoms with E-state index in [9.17, 15) is 9.90 Å². The molecule has 1 aromatic rings. The molecule has 0 spiro atoms. The van der Waals surface area contributed by atoms with Crippen molar-refractivity contribution in [2.45, 2.75) is 51.6 Å². The molecule has 1 atom stereocenters. The van der Waals surface area contributed by atoms with E-state index in [1.807, 2.05) is 30.3 Å². The first kappa shape index (κ1) is 15.8. The Balaban J connectivity index is 2.17. The van der Waals surface area contributed by atoms with E-state index in [4.69, 9.17) is 4.74 Å². The van der Waals surface area contributed by atoms with Gasteiger partial charge in [0, 0.05) is 12.0 Å². The number of benzene rings is 1. The van der Waals surface area contributed by atoms with E-state index in [-0.39, 0.29) is 5.97 Å². The van der Waals surface area contributed by atoms with Crippen molar-refractivity contribution in [1.82, 2.24) is 0 Å². The molecule has 1 aromatic carbocycles. The average molecular weight is 288 g/mol. The number of esters is 1. The van der Waals surface area contributed by atoms with Gasteiger partial charge in [-0.1, -0.05) is 56.5 Å². The van der Waals surface area contributed by atoms with Crippen LogP contribution in [0.3, 0.4) is 0 Å². The molecule has 114 valence electrons. The third-order valence-corrected chi connectivity index (χ3v) is 3.96. The summed E-state index contributed by atoms with van der Waals surface area (Å²) >= 11 is 0. The van der Waals surface area contributed by atoms with Gasteiger partial charge >= 0.3 is 5.97 Å². The standard InChI is InChI=1S/C18H24O3/c1-2-3-4-8-11-15(16-12-13-21-18(16)20)17(19)14-9-6-5-7-10-14/h5-7,9-10,17,19H,2-4,8,11-13H2,1H3/b16-15-. The van der Waals surface area contributed by atoms with Crippen LogP contribution in [0.15, 0.2) is 41.5 Å². The fourth-order valence-electron chi connectivity index (χ4n) is 2.76. The number of carbonyl (C=O) groups is 1. The summed E-state index contributed by atoms with van der Waals surface area (Å²) in [6, 6.07) is 9.54. The number of hydrogen-bond acceptors (Lipinski definition) is 3. The molecule has 3 nitrogen and oxygen atoms in total. The number of aliphatic hydroxyl groups is 1. The minimum atomic E-state index is -0.700. The van der Waals surface area contributed by atoms with Crippen LogP contribution in [-0.2, 0) is 9.53 Å². The van der Waals surface area contributed by atoms with Crippen molar-refractivity contribution >= 4 is 5.97 Å². The fourth-order valence-corrected chi connectivity index (χ4v) is 2.76.